The zero-order chi connectivity index (χ0) is 12.8. The van der Waals surface area contributed by atoms with Crippen molar-refractivity contribution in [3.63, 3.8) is 0 Å². The molecule has 0 saturated carbocycles. The molecular formula is C12H16N4OS. The largest absolute Gasteiger partial charge is 0.480 e. The number of methoxy groups -OCH3 is 1. The van der Waals surface area contributed by atoms with E-state index < -0.39 is 0 Å². The molecule has 0 atom stereocenters. The molecule has 0 saturated heterocycles. The first-order valence-electron chi connectivity index (χ1n) is 5.86. The van der Waals surface area contributed by atoms with Crippen molar-refractivity contribution in [3.8, 4) is 16.6 Å². The number of ether oxygens (including phenoxy) is 1. The third-order valence-electron chi connectivity index (χ3n) is 2.35. The van der Waals surface area contributed by atoms with Crippen LogP contribution in [0.4, 0.5) is 0 Å². The van der Waals surface area contributed by atoms with Gasteiger partial charge in [-0.05, 0) is 19.0 Å². The first-order chi connectivity index (χ1) is 8.83. The van der Waals surface area contributed by atoms with Gasteiger partial charge >= 0.3 is 0 Å². The number of nitrogens with one attached hydrogen (secondary N) is 1. The van der Waals surface area contributed by atoms with Crippen LogP contribution >= 0.6 is 11.3 Å². The Morgan fingerprint density at radius 2 is 2.22 bits per heavy atom. The van der Waals surface area contributed by atoms with E-state index in [-0.39, 0.29) is 0 Å². The molecule has 0 bridgehead atoms. The number of hydrogen-bond acceptors (Lipinski definition) is 6. The van der Waals surface area contributed by atoms with E-state index in [1.165, 1.54) is 0 Å². The minimum Gasteiger partial charge on any atom is -0.480 e. The molecule has 2 rings (SSSR count). The Hall–Kier alpha value is -1.53. The summed E-state index contributed by atoms with van der Waals surface area (Å²) < 4.78 is 4.98. The first kappa shape index (κ1) is 12.9. The summed E-state index contributed by atoms with van der Waals surface area (Å²) in [7, 11) is 1.57. The van der Waals surface area contributed by atoms with Gasteiger partial charge in [-0.3, -0.25) is 0 Å². The standard InChI is InChI=1S/C12H16N4OS/c1-3-6-13-7-9-8-18-12(14-9)10-4-5-11(17-2)16-15-10/h4-5,8,13H,3,6-7H2,1-2H3. The minimum atomic E-state index is 0.514. The predicted molar refractivity (Wildman–Crippen MR) is 71.7 cm³/mol. The molecule has 1 N–H and O–H groups in total. The number of nitrogens with zero attached hydrogens (tertiary/aromatic N) is 3. The summed E-state index contributed by atoms with van der Waals surface area (Å²) in [4.78, 5) is 4.52. The molecule has 96 valence electrons. The SMILES string of the molecule is CCCNCc1csc(-c2ccc(OC)nn2)n1. The summed E-state index contributed by atoms with van der Waals surface area (Å²) in [6.45, 7) is 3.95. The minimum absolute atomic E-state index is 0.514. The molecule has 2 aromatic rings. The third kappa shape index (κ3) is 3.24. The second-order valence-electron chi connectivity index (χ2n) is 3.78. The summed E-state index contributed by atoms with van der Waals surface area (Å²) in [5.41, 5.74) is 1.82. The maximum Gasteiger partial charge on any atom is 0.233 e. The molecule has 0 aliphatic rings. The van der Waals surface area contributed by atoms with E-state index >= 15 is 0 Å². The van der Waals surface area contributed by atoms with Crippen LogP contribution in [-0.4, -0.2) is 28.8 Å². The van der Waals surface area contributed by atoms with Gasteiger partial charge in [0.2, 0.25) is 5.88 Å². The summed E-state index contributed by atoms with van der Waals surface area (Å²) >= 11 is 1.58. The zero-order valence-electron chi connectivity index (χ0n) is 10.5. The van der Waals surface area contributed by atoms with E-state index in [1.54, 1.807) is 24.5 Å². The van der Waals surface area contributed by atoms with Crippen molar-refractivity contribution in [1.29, 1.82) is 0 Å². The Bertz CT molecular complexity index is 483. The van der Waals surface area contributed by atoms with E-state index in [0.29, 0.717) is 5.88 Å². The van der Waals surface area contributed by atoms with E-state index in [9.17, 15) is 0 Å². The lowest BCUT2D eigenvalue weighted by atomic mass is 10.4. The summed E-state index contributed by atoms with van der Waals surface area (Å²) in [5, 5.41) is 14.3. The van der Waals surface area contributed by atoms with E-state index in [2.05, 4.69) is 27.4 Å². The molecule has 2 aromatic heterocycles. The smallest absolute Gasteiger partial charge is 0.233 e. The molecule has 0 aliphatic heterocycles. The topological polar surface area (TPSA) is 59.9 Å². The zero-order valence-corrected chi connectivity index (χ0v) is 11.3. The van der Waals surface area contributed by atoms with Gasteiger partial charge in [-0.15, -0.1) is 21.5 Å². The van der Waals surface area contributed by atoms with Crippen molar-refractivity contribution in [2.45, 2.75) is 19.9 Å². The lowest BCUT2D eigenvalue weighted by molar-refractivity contribution is 0.392. The molecule has 6 heteroatoms. The molecule has 0 aliphatic carbocycles. The van der Waals surface area contributed by atoms with Crippen LogP contribution in [0, 0.1) is 0 Å². The average molecular weight is 264 g/mol. The fourth-order valence-electron chi connectivity index (χ4n) is 1.44. The van der Waals surface area contributed by atoms with Gasteiger partial charge in [0, 0.05) is 18.0 Å². The summed E-state index contributed by atoms with van der Waals surface area (Å²) in [6.07, 6.45) is 1.13. The molecule has 0 unspecified atom stereocenters. The van der Waals surface area contributed by atoms with Gasteiger partial charge in [-0.25, -0.2) is 4.98 Å². The van der Waals surface area contributed by atoms with Crippen molar-refractivity contribution in [2.75, 3.05) is 13.7 Å². The number of hydrogen-bond donors (Lipinski definition) is 1. The fourth-order valence-corrected chi connectivity index (χ4v) is 2.23. The van der Waals surface area contributed by atoms with Crippen LogP contribution in [0.1, 0.15) is 19.0 Å². The Morgan fingerprint density at radius 1 is 1.33 bits per heavy atom. The van der Waals surface area contributed by atoms with Crippen LogP contribution in [0.5, 0.6) is 5.88 Å². The van der Waals surface area contributed by atoms with Crippen LogP contribution in [0.2, 0.25) is 0 Å². The average Bonchev–Trinajstić information content (AvgIpc) is 2.88. The molecule has 2 heterocycles. The lowest BCUT2D eigenvalue weighted by Crippen LogP contribution is -2.13. The number of aromatic nitrogens is 3. The molecule has 0 aromatic carbocycles. The molecule has 0 amide bonds. The normalized spacial score (nSPS) is 10.6. The van der Waals surface area contributed by atoms with Gasteiger partial charge in [0.25, 0.3) is 0 Å². The lowest BCUT2D eigenvalue weighted by Gasteiger charge is -1.99. The van der Waals surface area contributed by atoms with Gasteiger partial charge in [0.1, 0.15) is 10.7 Å². The predicted octanol–water partition coefficient (Wildman–Crippen LogP) is 2.11. The molecule has 0 spiro atoms. The highest BCUT2D eigenvalue weighted by Gasteiger charge is 2.06. The quantitative estimate of drug-likeness (QED) is 0.810. The van der Waals surface area contributed by atoms with Crippen molar-refractivity contribution in [3.05, 3.63) is 23.2 Å². The highest BCUT2D eigenvalue weighted by Crippen LogP contribution is 2.22. The van der Waals surface area contributed by atoms with Gasteiger partial charge in [-0.2, -0.15) is 0 Å². The Morgan fingerprint density at radius 3 is 2.89 bits per heavy atom. The molecule has 0 radical (unpaired) electrons. The maximum atomic E-state index is 4.98. The summed E-state index contributed by atoms with van der Waals surface area (Å²) in [6, 6.07) is 3.66. The second kappa shape index (κ2) is 6.42. The highest BCUT2D eigenvalue weighted by molar-refractivity contribution is 7.13. The van der Waals surface area contributed by atoms with Crippen molar-refractivity contribution in [2.24, 2.45) is 0 Å². The van der Waals surface area contributed by atoms with Crippen molar-refractivity contribution in [1.82, 2.24) is 20.5 Å². The fraction of sp³-hybridized carbons (Fsp3) is 0.417. The molecule has 18 heavy (non-hydrogen) atoms. The first-order valence-corrected chi connectivity index (χ1v) is 6.74. The van der Waals surface area contributed by atoms with E-state index in [1.807, 2.05) is 11.4 Å². The van der Waals surface area contributed by atoms with Crippen molar-refractivity contribution >= 4 is 11.3 Å². The number of rotatable bonds is 6. The van der Waals surface area contributed by atoms with Gasteiger partial charge < -0.3 is 10.1 Å². The van der Waals surface area contributed by atoms with Crippen LogP contribution < -0.4 is 10.1 Å². The second-order valence-corrected chi connectivity index (χ2v) is 4.64. The van der Waals surface area contributed by atoms with Crippen LogP contribution in [0.3, 0.4) is 0 Å². The Labute approximate surface area is 110 Å². The van der Waals surface area contributed by atoms with Crippen LogP contribution in [0.25, 0.3) is 10.7 Å². The van der Waals surface area contributed by atoms with Gasteiger partial charge in [0.15, 0.2) is 0 Å². The van der Waals surface area contributed by atoms with E-state index in [4.69, 9.17) is 4.74 Å². The maximum absolute atomic E-state index is 4.98. The molecule has 5 nitrogen and oxygen atoms in total. The van der Waals surface area contributed by atoms with Crippen LogP contribution in [0.15, 0.2) is 17.5 Å². The Kier molecular flexibility index (Phi) is 4.60. The van der Waals surface area contributed by atoms with E-state index in [0.717, 1.165) is 35.9 Å². The van der Waals surface area contributed by atoms with Crippen LogP contribution in [-0.2, 0) is 6.54 Å². The van der Waals surface area contributed by atoms with Gasteiger partial charge in [0.05, 0.1) is 12.8 Å². The monoisotopic (exact) mass is 264 g/mol. The molecular weight excluding hydrogens is 248 g/mol. The third-order valence-corrected chi connectivity index (χ3v) is 3.27. The highest BCUT2D eigenvalue weighted by atomic mass is 32.1. The van der Waals surface area contributed by atoms with Crippen molar-refractivity contribution < 1.29 is 4.74 Å². The van der Waals surface area contributed by atoms with Gasteiger partial charge in [-0.1, -0.05) is 6.92 Å². The number of thiazole rings is 1. The summed E-state index contributed by atoms with van der Waals surface area (Å²) in [5.74, 6) is 0.514. The molecule has 0 fully saturated rings. The Balaban J connectivity index is 2.04.